The van der Waals surface area contributed by atoms with Crippen LogP contribution in [-0.2, 0) is 7.05 Å². The van der Waals surface area contributed by atoms with Crippen molar-refractivity contribution in [3.8, 4) is 0 Å². The number of anilines is 2. The van der Waals surface area contributed by atoms with Gasteiger partial charge in [0, 0.05) is 20.3 Å². The lowest BCUT2D eigenvalue weighted by Gasteiger charge is -2.35. The Morgan fingerprint density at radius 3 is 2.75 bits per heavy atom. The molecule has 16 heavy (non-hydrogen) atoms. The summed E-state index contributed by atoms with van der Waals surface area (Å²) in [5.41, 5.74) is 6.56. The topological polar surface area (TPSA) is 67.3 Å². The lowest BCUT2D eigenvalue weighted by Crippen LogP contribution is -2.43. The number of aliphatic hydroxyl groups excluding tert-OH is 1. The molecule has 0 radical (unpaired) electrons. The molecule has 0 saturated heterocycles. The Balaban J connectivity index is 2.17. The Morgan fingerprint density at radius 2 is 2.19 bits per heavy atom. The van der Waals surface area contributed by atoms with Gasteiger partial charge in [0.2, 0.25) is 0 Å². The van der Waals surface area contributed by atoms with Gasteiger partial charge in [-0.3, -0.25) is 4.68 Å². The minimum atomic E-state index is -0.264. The number of nitrogen functional groups attached to an aromatic ring is 1. The fourth-order valence-electron chi connectivity index (χ4n) is 2.47. The van der Waals surface area contributed by atoms with E-state index in [1.807, 2.05) is 19.0 Å². The standard InChI is InChI=1S/C11H20N4O/c1-14-7-8(12)11(13-14)15(2)9-5-3-4-6-10(9)16/h7,9-10,16H,3-6,12H2,1-2H3. The monoisotopic (exact) mass is 224 g/mol. The van der Waals surface area contributed by atoms with Crippen LogP contribution in [0.1, 0.15) is 25.7 Å². The lowest BCUT2D eigenvalue weighted by molar-refractivity contribution is 0.106. The van der Waals surface area contributed by atoms with Crippen molar-refractivity contribution in [3.05, 3.63) is 6.20 Å². The third-order valence-corrected chi connectivity index (χ3v) is 3.36. The number of likely N-dealkylation sites (N-methyl/N-ethyl adjacent to an activating group) is 1. The number of nitrogens with two attached hydrogens (primary N) is 1. The Hall–Kier alpha value is -1.23. The molecule has 5 nitrogen and oxygen atoms in total. The number of aliphatic hydroxyl groups is 1. The molecule has 1 aliphatic carbocycles. The lowest BCUT2D eigenvalue weighted by atomic mass is 9.91. The predicted molar refractivity (Wildman–Crippen MR) is 64.3 cm³/mol. The molecule has 0 spiro atoms. The molecule has 1 saturated carbocycles. The van der Waals surface area contributed by atoms with E-state index in [-0.39, 0.29) is 12.1 Å². The zero-order valence-electron chi connectivity index (χ0n) is 9.93. The zero-order valence-corrected chi connectivity index (χ0v) is 9.93. The van der Waals surface area contributed by atoms with Gasteiger partial charge in [-0.05, 0) is 12.8 Å². The van der Waals surface area contributed by atoms with Crippen molar-refractivity contribution in [1.82, 2.24) is 9.78 Å². The van der Waals surface area contributed by atoms with Crippen LogP contribution in [0.15, 0.2) is 6.20 Å². The Morgan fingerprint density at radius 1 is 1.50 bits per heavy atom. The average Bonchev–Trinajstić information content (AvgIpc) is 2.58. The zero-order chi connectivity index (χ0) is 11.7. The van der Waals surface area contributed by atoms with Crippen LogP contribution in [0, 0.1) is 0 Å². The molecule has 0 bridgehead atoms. The molecule has 1 aromatic heterocycles. The highest BCUT2D eigenvalue weighted by Gasteiger charge is 2.28. The second-order valence-corrected chi connectivity index (χ2v) is 4.61. The van der Waals surface area contributed by atoms with Crippen molar-refractivity contribution in [3.63, 3.8) is 0 Å². The maximum atomic E-state index is 9.98. The molecule has 1 aliphatic rings. The number of nitrogens with zero attached hydrogens (tertiary/aromatic N) is 3. The number of hydrogen-bond acceptors (Lipinski definition) is 4. The van der Waals surface area contributed by atoms with Crippen LogP contribution in [0.3, 0.4) is 0 Å². The Bertz CT molecular complexity index is 363. The van der Waals surface area contributed by atoms with Gasteiger partial charge in [0.1, 0.15) is 0 Å². The minimum Gasteiger partial charge on any atom is -0.394 e. The molecule has 3 N–H and O–H groups in total. The molecule has 2 rings (SSSR count). The third kappa shape index (κ3) is 2.00. The van der Waals surface area contributed by atoms with E-state index >= 15 is 0 Å². The summed E-state index contributed by atoms with van der Waals surface area (Å²) in [4.78, 5) is 2.01. The van der Waals surface area contributed by atoms with Crippen LogP contribution in [0.5, 0.6) is 0 Å². The fourth-order valence-corrected chi connectivity index (χ4v) is 2.47. The second kappa shape index (κ2) is 4.33. The summed E-state index contributed by atoms with van der Waals surface area (Å²) in [5.74, 6) is 0.772. The largest absolute Gasteiger partial charge is 0.394 e. The molecule has 1 fully saturated rings. The molecule has 5 heteroatoms. The molecule has 0 aliphatic heterocycles. The molecule has 2 atom stereocenters. The maximum Gasteiger partial charge on any atom is 0.173 e. The molecule has 1 aromatic rings. The van der Waals surface area contributed by atoms with Gasteiger partial charge in [-0.2, -0.15) is 5.10 Å². The van der Waals surface area contributed by atoms with Gasteiger partial charge >= 0.3 is 0 Å². The Labute approximate surface area is 95.8 Å². The first-order valence-electron chi connectivity index (χ1n) is 5.79. The highest BCUT2D eigenvalue weighted by molar-refractivity contribution is 5.61. The highest BCUT2D eigenvalue weighted by Crippen LogP contribution is 2.28. The first-order chi connectivity index (χ1) is 7.59. The molecule has 0 aromatic carbocycles. The molecule has 1 heterocycles. The van der Waals surface area contributed by atoms with E-state index in [2.05, 4.69) is 5.10 Å². The SMILES string of the molecule is CN(c1nn(C)cc1N)C1CCCCC1O. The molecular weight excluding hydrogens is 204 g/mol. The smallest absolute Gasteiger partial charge is 0.173 e. The van der Waals surface area contributed by atoms with E-state index in [1.165, 1.54) is 6.42 Å². The van der Waals surface area contributed by atoms with E-state index in [4.69, 9.17) is 5.73 Å². The van der Waals surface area contributed by atoms with Crippen LogP contribution in [0.4, 0.5) is 11.5 Å². The van der Waals surface area contributed by atoms with E-state index in [1.54, 1.807) is 10.9 Å². The number of hydrogen-bond donors (Lipinski definition) is 2. The van der Waals surface area contributed by atoms with E-state index in [9.17, 15) is 5.11 Å². The summed E-state index contributed by atoms with van der Waals surface area (Å²) in [6, 6.07) is 0.144. The molecular formula is C11H20N4O. The van der Waals surface area contributed by atoms with Gasteiger partial charge in [-0.15, -0.1) is 0 Å². The summed E-state index contributed by atoms with van der Waals surface area (Å²) >= 11 is 0. The quantitative estimate of drug-likeness (QED) is 0.777. The van der Waals surface area contributed by atoms with Crippen LogP contribution < -0.4 is 10.6 Å². The maximum absolute atomic E-state index is 9.98. The van der Waals surface area contributed by atoms with Crippen LogP contribution >= 0.6 is 0 Å². The molecule has 2 unspecified atom stereocenters. The fraction of sp³-hybridized carbons (Fsp3) is 0.727. The van der Waals surface area contributed by atoms with E-state index in [0.717, 1.165) is 25.1 Å². The summed E-state index contributed by atoms with van der Waals surface area (Å²) in [5, 5.41) is 14.3. The van der Waals surface area contributed by atoms with Crippen molar-refractivity contribution in [2.24, 2.45) is 7.05 Å². The second-order valence-electron chi connectivity index (χ2n) is 4.61. The van der Waals surface area contributed by atoms with Gasteiger partial charge in [-0.25, -0.2) is 0 Å². The molecule has 0 amide bonds. The van der Waals surface area contributed by atoms with Gasteiger partial charge in [-0.1, -0.05) is 12.8 Å². The molecule has 90 valence electrons. The van der Waals surface area contributed by atoms with Gasteiger partial charge in [0.05, 0.1) is 17.8 Å². The van der Waals surface area contributed by atoms with Gasteiger partial charge in [0.15, 0.2) is 5.82 Å². The van der Waals surface area contributed by atoms with Crippen molar-refractivity contribution in [1.29, 1.82) is 0 Å². The van der Waals surface area contributed by atoms with E-state index in [0.29, 0.717) is 5.69 Å². The number of aryl methyl sites for hydroxylation is 1. The van der Waals surface area contributed by atoms with Gasteiger partial charge in [0.25, 0.3) is 0 Å². The highest BCUT2D eigenvalue weighted by atomic mass is 16.3. The Kier molecular flexibility index (Phi) is 3.05. The van der Waals surface area contributed by atoms with Crippen molar-refractivity contribution >= 4 is 11.5 Å². The van der Waals surface area contributed by atoms with Crippen LogP contribution in [0.2, 0.25) is 0 Å². The van der Waals surface area contributed by atoms with Crippen molar-refractivity contribution < 1.29 is 5.11 Å². The summed E-state index contributed by atoms with van der Waals surface area (Å²) in [6.07, 6.45) is 5.69. The van der Waals surface area contributed by atoms with E-state index < -0.39 is 0 Å². The summed E-state index contributed by atoms with van der Waals surface area (Å²) in [6.45, 7) is 0. The minimum absolute atomic E-state index is 0.144. The number of rotatable bonds is 2. The normalized spacial score (nSPS) is 25.7. The first-order valence-corrected chi connectivity index (χ1v) is 5.79. The summed E-state index contributed by atoms with van der Waals surface area (Å²) < 4.78 is 1.70. The van der Waals surface area contributed by atoms with Crippen molar-refractivity contribution in [2.75, 3.05) is 17.7 Å². The third-order valence-electron chi connectivity index (χ3n) is 3.36. The average molecular weight is 224 g/mol. The van der Waals surface area contributed by atoms with Gasteiger partial charge < -0.3 is 15.7 Å². The summed E-state index contributed by atoms with van der Waals surface area (Å²) in [7, 11) is 3.81. The van der Waals surface area contributed by atoms with Crippen LogP contribution in [0.25, 0.3) is 0 Å². The number of aromatic nitrogens is 2. The van der Waals surface area contributed by atoms with Crippen LogP contribution in [-0.4, -0.2) is 34.1 Å². The van der Waals surface area contributed by atoms with Crippen molar-refractivity contribution in [2.45, 2.75) is 37.8 Å². The first kappa shape index (κ1) is 11.3. The predicted octanol–water partition coefficient (Wildman–Crippen LogP) is 0.742.